The number of piperidine rings is 1. The Labute approximate surface area is 403 Å². The first-order valence-corrected chi connectivity index (χ1v) is 24.9. The number of phenols is 1. The van der Waals surface area contributed by atoms with Gasteiger partial charge in [0.2, 0.25) is 5.79 Å². The lowest BCUT2D eigenvalue weighted by atomic mass is 9.81. The molecule has 15 unspecified atom stereocenters. The number of cyclic esters (lactones) is 1. The number of fused-ring (bicyclic) bond motifs is 3. The largest absolute Gasteiger partial charge is 0.507 e. The molecule has 2 bridgehead atoms. The van der Waals surface area contributed by atoms with Crippen LogP contribution in [-0.2, 0) is 47.6 Å². The van der Waals surface area contributed by atoms with E-state index < -0.39 is 83.9 Å². The molecule has 3 aliphatic heterocycles. The van der Waals surface area contributed by atoms with Crippen molar-refractivity contribution >= 4 is 23.4 Å². The van der Waals surface area contributed by atoms with Gasteiger partial charge in [-0.1, -0.05) is 45.4 Å². The number of ether oxygens (including phenoxy) is 6. The summed E-state index contributed by atoms with van der Waals surface area (Å²) in [6.07, 6.45) is 2.90. The maximum Gasteiger partial charge on any atom is 0.329 e. The maximum atomic E-state index is 14.5. The number of esters is 1. The van der Waals surface area contributed by atoms with Crippen LogP contribution in [0.4, 0.5) is 0 Å². The number of Topliss-reactive ketones (excluding diaryl/α,β-unsaturated/α-hetero) is 2. The Morgan fingerprint density at radius 2 is 1.54 bits per heavy atom. The summed E-state index contributed by atoms with van der Waals surface area (Å²) in [6, 6.07) is 2.33. The Morgan fingerprint density at radius 3 is 2.18 bits per heavy atom. The quantitative estimate of drug-likeness (QED) is 0.111. The molecule has 382 valence electrons. The van der Waals surface area contributed by atoms with Crippen molar-refractivity contribution in [3.63, 3.8) is 0 Å². The Morgan fingerprint density at radius 1 is 0.897 bits per heavy atom. The average Bonchev–Trinajstić information content (AvgIpc) is 3.31. The highest BCUT2D eigenvalue weighted by Crippen LogP contribution is 2.40. The Bertz CT molecular complexity index is 1940. The van der Waals surface area contributed by atoms with Gasteiger partial charge in [-0.25, -0.2) is 4.79 Å². The first-order chi connectivity index (χ1) is 32.2. The van der Waals surface area contributed by atoms with Gasteiger partial charge in [-0.05, 0) is 138 Å². The number of methoxy groups -OCH3 is 3. The predicted molar refractivity (Wildman–Crippen MR) is 254 cm³/mol. The monoisotopic (exact) mass is 956 g/mol. The Kier molecular flexibility index (Phi) is 20.0. The molecule has 1 aromatic carbocycles. The standard InChI is InChI=1S/C53H81NO14/c1-12-37-20-29(2)19-30(3)21-45(64-10)49-46(65-11)25-34(7)53(62,68-49)50(59)51(60)54-18-14-13-15-39(54)52(61)67-48(35(8)40(55)27-41(37)56)33(6)22-36-16-17-43(44(26-36)63-9)66-28-42(57)38-23-31(4)47(58)32(5)24-38/h20,22-24,30,34-37,39-40,42-46,48-49,55,57-58,62H,12-19,21,25-28H2,1-11H3. The second kappa shape index (κ2) is 24.5. The first-order valence-electron chi connectivity index (χ1n) is 24.9. The lowest BCUT2D eigenvalue weighted by Crippen LogP contribution is -2.64. The van der Waals surface area contributed by atoms with Crippen LogP contribution in [0.1, 0.15) is 135 Å². The van der Waals surface area contributed by atoms with Crippen LogP contribution >= 0.6 is 0 Å². The van der Waals surface area contributed by atoms with Crippen molar-refractivity contribution in [2.24, 2.45) is 29.6 Å². The van der Waals surface area contributed by atoms with Gasteiger partial charge >= 0.3 is 5.97 Å². The number of aromatic hydroxyl groups is 1. The van der Waals surface area contributed by atoms with Crippen molar-refractivity contribution in [3.05, 3.63) is 52.1 Å². The summed E-state index contributed by atoms with van der Waals surface area (Å²) in [7, 11) is 4.67. The number of hydrogen-bond donors (Lipinski definition) is 4. The van der Waals surface area contributed by atoms with Gasteiger partial charge in [-0.2, -0.15) is 0 Å². The van der Waals surface area contributed by atoms with E-state index in [1.165, 1.54) is 19.1 Å². The lowest BCUT2D eigenvalue weighted by Gasteiger charge is -2.47. The molecule has 1 aliphatic carbocycles. The number of aliphatic hydroxyl groups excluding tert-OH is 2. The summed E-state index contributed by atoms with van der Waals surface area (Å²) < 4.78 is 36.6. The summed E-state index contributed by atoms with van der Waals surface area (Å²) >= 11 is 0. The van der Waals surface area contributed by atoms with Crippen molar-refractivity contribution in [1.29, 1.82) is 0 Å². The second-order valence-corrected chi connectivity index (χ2v) is 20.5. The fourth-order valence-electron chi connectivity index (χ4n) is 11.1. The fraction of sp³-hybridized carbons (Fsp3) is 0.736. The summed E-state index contributed by atoms with van der Waals surface area (Å²) in [5.74, 6) is -7.55. The molecule has 1 aromatic rings. The molecule has 68 heavy (non-hydrogen) atoms. The van der Waals surface area contributed by atoms with Crippen molar-refractivity contribution in [2.75, 3.05) is 34.5 Å². The molecule has 0 radical (unpaired) electrons. The molecule has 0 aromatic heterocycles. The molecular weight excluding hydrogens is 875 g/mol. The number of rotatable bonds is 10. The van der Waals surface area contributed by atoms with Crippen LogP contribution in [0.15, 0.2) is 35.4 Å². The summed E-state index contributed by atoms with van der Waals surface area (Å²) in [4.78, 5) is 58.5. The summed E-state index contributed by atoms with van der Waals surface area (Å²) in [6.45, 7) is 14.8. The van der Waals surface area contributed by atoms with E-state index in [4.69, 9.17) is 28.4 Å². The van der Waals surface area contributed by atoms with Gasteiger partial charge in [0, 0.05) is 52.0 Å². The normalized spacial score (nSPS) is 36.0. The third kappa shape index (κ3) is 13.0. The number of phenolic OH excluding ortho intramolecular Hbond substituents is 1. The van der Waals surface area contributed by atoms with Crippen LogP contribution in [0.5, 0.6) is 5.75 Å². The Balaban J connectivity index is 1.44. The zero-order chi connectivity index (χ0) is 50.2. The number of ketones is 2. The molecule has 0 spiro atoms. The van der Waals surface area contributed by atoms with Gasteiger partial charge in [0.05, 0.1) is 37.1 Å². The van der Waals surface area contributed by atoms with E-state index in [9.17, 15) is 39.6 Å². The molecule has 4 aliphatic rings. The van der Waals surface area contributed by atoms with Gasteiger partial charge in [-0.15, -0.1) is 0 Å². The van der Waals surface area contributed by atoms with Crippen LogP contribution in [0, 0.1) is 43.4 Å². The van der Waals surface area contributed by atoms with E-state index in [1.54, 1.807) is 46.9 Å². The van der Waals surface area contributed by atoms with Crippen LogP contribution in [-0.4, -0.2) is 138 Å². The van der Waals surface area contributed by atoms with Crippen LogP contribution < -0.4 is 0 Å². The molecule has 4 N–H and O–H groups in total. The van der Waals surface area contributed by atoms with Crippen molar-refractivity contribution in [2.45, 2.75) is 187 Å². The zero-order valence-electron chi connectivity index (χ0n) is 42.4. The number of benzene rings is 1. The van der Waals surface area contributed by atoms with E-state index in [0.717, 1.165) is 5.57 Å². The highest BCUT2D eigenvalue weighted by Gasteiger charge is 2.56. The number of amides is 1. The number of hydrogen-bond acceptors (Lipinski definition) is 14. The smallest absolute Gasteiger partial charge is 0.329 e. The minimum atomic E-state index is -2.53. The summed E-state index contributed by atoms with van der Waals surface area (Å²) in [5, 5.41) is 45.2. The predicted octanol–water partition coefficient (Wildman–Crippen LogP) is 6.55. The number of carbonyl (C=O) groups is 4. The molecule has 2 saturated heterocycles. The number of nitrogens with zero attached hydrogens (tertiary/aromatic N) is 1. The number of aryl methyl sites for hydroxylation is 2. The summed E-state index contributed by atoms with van der Waals surface area (Å²) in [5.41, 5.74) is 3.62. The molecule has 5 rings (SSSR count). The number of aliphatic hydroxyl groups is 3. The van der Waals surface area contributed by atoms with Gasteiger partial charge in [0.1, 0.15) is 35.9 Å². The minimum absolute atomic E-state index is 0.0159. The van der Waals surface area contributed by atoms with Crippen molar-refractivity contribution in [1.82, 2.24) is 4.90 Å². The van der Waals surface area contributed by atoms with E-state index in [2.05, 4.69) is 0 Å². The second-order valence-electron chi connectivity index (χ2n) is 20.5. The van der Waals surface area contributed by atoms with E-state index in [1.807, 2.05) is 39.8 Å². The lowest BCUT2D eigenvalue weighted by molar-refractivity contribution is -0.302. The van der Waals surface area contributed by atoms with E-state index >= 15 is 0 Å². The highest BCUT2D eigenvalue weighted by molar-refractivity contribution is 6.39. The highest BCUT2D eigenvalue weighted by atomic mass is 16.7. The molecule has 15 nitrogen and oxygen atoms in total. The van der Waals surface area contributed by atoms with Crippen LogP contribution in [0.3, 0.4) is 0 Å². The molecule has 15 heteroatoms. The van der Waals surface area contributed by atoms with Gasteiger partial charge in [0.25, 0.3) is 11.7 Å². The maximum absolute atomic E-state index is 14.5. The first kappa shape index (κ1) is 55.4. The zero-order valence-corrected chi connectivity index (χ0v) is 42.4. The van der Waals surface area contributed by atoms with Gasteiger partial charge in [0.15, 0.2) is 0 Å². The molecule has 1 amide bonds. The van der Waals surface area contributed by atoms with Crippen molar-refractivity contribution < 1.29 is 68.0 Å². The molecule has 3 heterocycles. The molecule has 1 saturated carbocycles. The van der Waals surface area contributed by atoms with Crippen molar-refractivity contribution in [3.8, 4) is 5.75 Å². The average molecular weight is 956 g/mol. The third-order valence-electron chi connectivity index (χ3n) is 15.2. The Hall–Kier alpha value is -3.54. The van der Waals surface area contributed by atoms with Gasteiger partial charge < -0.3 is 53.7 Å². The number of carbonyl (C=O) groups excluding carboxylic acids is 4. The van der Waals surface area contributed by atoms with E-state index in [0.29, 0.717) is 73.6 Å². The molecule has 15 atom stereocenters. The minimum Gasteiger partial charge on any atom is -0.507 e. The number of allylic oxidation sites excluding steroid dienone is 3. The SMILES string of the molecule is CCC1C=C(C)CC(C)CC(OC)C2OC(O)(C(=O)C(=O)N3CCCCC3C(=O)OC(C(C)=CC3CCC(OCC(O)c4cc(C)c(O)c(C)c4)C(OC)C3)C(C)C(O)CC1=O)C(C)CC2OC. The van der Waals surface area contributed by atoms with Crippen LogP contribution in [0.25, 0.3) is 0 Å². The molecular formula is C53H81NO14. The van der Waals surface area contributed by atoms with E-state index in [-0.39, 0.29) is 68.0 Å². The van der Waals surface area contributed by atoms with Gasteiger partial charge in [-0.3, -0.25) is 14.4 Å². The molecule has 3 fully saturated rings. The third-order valence-corrected chi connectivity index (χ3v) is 15.2. The fourth-order valence-corrected chi connectivity index (χ4v) is 11.1. The topological polar surface area (TPSA) is 208 Å². The van der Waals surface area contributed by atoms with Crippen LogP contribution in [0.2, 0.25) is 0 Å².